The van der Waals surface area contributed by atoms with Gasteiger partial charge in [0.25, 0.3) is 0 Å². The molecule has 2 aromatic carbocycles. The third-order valence-corrected chi connectivity index (χ3v) is 5.37. The van der Waals surface area contributed by atoms with E-state index in [0.717, 1.165) is 15.7 Å². The van der Waals surface area contributed by atoms with E-state index in [0.29, 0.717) is 40.7 Å². The third-order valence-electron chi connectivity index (χ3n) is 5.14. The number of carbonyl (C=O) groups excluding carboxylic acids is 1. The van der Waals surface area contributed by atoms with Gasteiger partial charge in [-0.05, 0) is 38.1 Å². The Morgan fingerprint density at radius 1 is 1.27 bits per heavy atom. The van der Waals surface area contributed by atoms with Crippen LogP contribution in [-0.2, 0) is 4.79 Å². The highest BCUT2D eigenvalue weighted by molar-refractivity contribution is 6.32. The number of ketones is 1. The summed E-state index contributed by atoms with van der Waals surface area (Å²) < 4.78 is 0.819. The van der Waals surface area contributed by atoms with E-state index < -0.39 is 5.92 Å². The topological polar surface area (TPSA) is 72.0 Å². The van der Waals surface area contributed by atoms with Crippen LogP contribution in [0.2, 0.25) is 5.02 Å². The molecule has 30 heavy (non-hydrogen) atoms. The number of rotatable bonds is 4. The van der Waals surface area contributed by atoms with Gasteiger partial charge < -0.3 is 5.21 Å². The predicted octanol–water partition coefficient (Wildman–Crippen LogP) is 4.14. The zero-order chi connectivity index (χ0) is 21.3. The summed E-state index contributed by atoms with van der Waals surface area (Å²) in [4.78, 5) is 17.6. The molecule has 1 aromatic heterocycles. The first-order chi connectivity index (χ1) is 14.5. The molecule has 0 radical (unpaired) electrons. The van der Waals surface area contributed by atoms with Crippen LogP contribution in [0, 0.1) is 11.1 Å². The second-order valence-corrected chi connectivity index (χ2v) is 7.60. The molecule has 3 aromatic rings. The number of hydrazone groups is 1. The van der Waals surface area contributed by atoms with E-state index in [1.807, 2.05) is 42.3 Å². The minimum absolute atomic E-state index is 0.0395. The number of hydrogen-bond acceptors (Lipinski definition) is 5. The van der Waals surface area contributed by atoms with Crippen LogP contribution in [0.5, 0.6) is 0 Å². The lowest BCUT2D eigenvalue weighted by Gasteiger charge is -2.31. The lowest BCUT2D eigenvalue weighted by atomic mass is 9.87. The smallest absolute Gasteiger partial charge is 0.225 e. The van der Waals surface area contributed by atoms with E-state index in [1.54, 1.807) is 31.2 Å². The minimum Gasteiger partial charge on any atom is -0.618 e. The predicted molar refractivity (Wildman–Crippen MR) is 119 cm³/mol. The lowest BCUT2D eigenvalue weighted by molar-refractivity contribution is -0.577. The van der Waals surface area contributed by atoms with Crippen molar-refractivity contribution in [3.63, 3.8) is 0 Å². The molecule has 152 valence electrons. The van der Waals surface area contributed by atoms with Crippen molar-refractivity contribution in [3.05, 3.63) is 76.6 Å². The maximum absolute atomic E-state index is 12.7. The van der Waals surface area contributed by atoms with Crippen LogP contribution in [0.15, 0.2) is 70.9 Å². The summed E-state index contributed by atoms with van der Waals surface area (Å²) >= 11 is 6.19. The fraction of sp³-hybridized carbons (Fsp3) is 0.217. The first-order valence-corrected chi connectivity index (χ1v) is 10.1. The highest BCUT2D eigenvalue weighted by Crippen LogP contribution is 2.28. The van der Waals surface area contributed by atoms with Gasteiger partial charge in [0.1, 0.15) is 11.7 Å². The number of nitrogens with zero attached hydrogens (tertiary/aromatic N) is 4. The van der Waals surface area contributed by atoms with Crippen molar-refractivity contribution < 1.29 is 9.52 Å². The largest absolute Gasteiger partial charge is 0.618 e. The van der Waals surface area contributed by atoms with E-state index in [1.165, 1.54) is 6.20 Å². The van der Waals surface area contributed by atoms with Gasteiger partial charge in [0.15, 0.2) is 6.20 Å². The summed E-state index contributed by atoms with van der Waals surface area (Å²) in [6, 6.07) is 16.3. The average molecular weight is 421 g/mol. The lowest BCUT2D eigenvalue weighted by Crippen LogP contribution is -2.43. The number of fused-ring (bicyclic) bond motifs is 1. The second kappa shape index (κ2) is 8.24. The molecular weight excluding hydrogens is 400 g/mol. The van der Waals surface area contributed by atoms with Gasteiger partial charge in [-0.15, -0.1) is 0 Å². The number of halogens is 1. The fourth-order valence-corrected chi connectivity index (χ4v) is 3.91. The maximum Gasteiger partial charge on any atom is 0.225 e. The van der Waals surface area contributed by atoms with E-state index in [9.17, 15) is 10.0 Å². The zero-order valence-electron chi connectivity index (χ0n) is 16.7. The van der Waals surface area contributed by atoms with Crippen LogP contribution in [0.3, 0.4) is 0 Å². The number of Topliss-reactive ketones (excluding diaryl/α,β-unsaturated/α-hetero) is 1. The number of aromatic nitrogens is 1. The van der Waals surface area contributed by atoms with Crippen LogP contribution in [0.25, 0.3) is 10.9 Å². The molecule has 0 spiro atoms. The SMILES string of the molecule is CCN1CC(=Nc2cccc3c2ccc[n+]3[O-])C(C(C)=O)C(c2cccc(Cl)c2)=N1. The van der Waals surface area contributed by atoms with Crippen LogP contribution in [-0.4, -0.2) is 35.3 Å². The normalized spacial score (nSPS) is 18.0. The first kappa shape index (κ1) is 20.0. The molecule has 0 saturated heterocycles. The molecule has 0 amide bonds. The van der Waals surface area contributed by atoms with Gasteiger partial charge >= 0.3 is 0 Å². The number of benzene rings is 2. The van der Waals surface area contributed by atoms with Crippen molar-refractivity contribution in [1.82, 2.24) is 5.01 Å². The summed E-state index contributed by atoms with van der Waals surface area (Å²) in [6.45, 7) is 4.66. The van der Waals surface area contributed by atoms with Crippen molar-refractivity contribution in [1.29, 1.82) is 0 Å². The van der Waals surface area contributed by atoms with Gasteiger partial charge in [0.05, 0.1) is 29.0 Å². The Morgan fingerprint density at radius 3 is 2.80 bits per heavy atom. The Morgan fingerprint density at radius 2 is 2.07 bits per heavy atom. The molecule has 1 aliphatic rings. The molecule has 2 heterocycles. The van der Waals surface area contributed by atoms with Gasteiger partial charge in [0.2, 0.25) is 5.52 Å². The second-order valence-electron chi connectivity index (χ2n) is 7.17. The van der Waals surface area contributed by atoms with Crippen molar-refractivity contribution >= 4 is 45.4 Å². The molecule has 0 fully saturated rings. The summed E-state index contributed by atoms with van der Waals surface area (Å²) in [5.41, 5.74) is 3.32. The molecule has 0 aliphatic carbocycles. The Kier molecular flexibility index (Phi) is 5.50. The van der Waals surface area contributed by atoms with Crippen molar-refractivity contribution in [2.24, 2.45) is 16.0 Å². The molecule has 6 nitrogen and oxygen atoms in total. The zero-order valence-corrected chi connectivity index (χ0v) is 17.5. The van der Waals surface area contributed by atoms with Gasteiger partial charge in [-0.3, -0.25) is 14.8 Å². The number of hydrogen-bond donors (Lipinski definition) is 0. The highest BCUT2D eigenvalue weighted by atomic mass is 35.5. The maximum atomic E-state index is 12.7. The van der Waals surface area contributed by atoms with E-state index in [4.69, 9.17) is 21.7 Å². The van der Waals surface area contributed by atoms with E-state index in [2.05, 4.69) is 0 Å². The third kappa shape index (κ3) is 3.78. The quantitative estimate of drug-likeness (QED) is 0.470. The van der Waals surface area contributed by atoms with Crippen LogP contribution >= 0.6 is 11.6 Å². The summed E-state index contributed by atoms with van der Waals surface area (Å²) in [6.07, 6.45) is 1.46. The van der Waals surface area contributed by atoms with Gasteiger partial charge in [-0.2, -0.15) is 9.83 Å². The summed E-state index contributed by atoms with van der Waals surface area (Å²) in [7, 11) is 0. The average Bonchev–Trinajstić information content (AvgIpc) is 2.73. The Balaban J connectivity index is 1.88. The molecule has 0 N–H and O–H groups in total. The standard InChI is InChI=1S/C23H21ClN4O2/c1-3-27-14-20(25-19-10-5-11-21-18(19)9-6-12-28(21)30)22(15(2)29)23(26-27)16-7-4-8-17(24)13-16/h4-13,22H,3,14H2,1-2H3. The Hall–Kier alpha value is -3.25. The van der Waals surface area contributed by atoms with Gasteiger partial charge in [-0.25, -0.2) is 0 Å². The Labute approximate surface area is 179 Å². The number of carbonyl (C=O) groups is 1. The van der Waals surface area contributed by atoms with E-state index in [-0.39, 0.29) is 5.78 Å². The van der Waals surface area contributed by atoms with Gasteiger partial charge in [-0.1, -0.05) is 29.8 Å². The van der Waals surface area contributed by atoms with Crippen molar-refractivity contribution in [2.75, 3.05) is 13.1 Å². The van der Waals surface area contributed by atoms with Crippen molar-refractivity contribution in [2.45, 2.75) is 13.8 Å². The molecular formula is C23H21ClN4O2. The number of pyridine rings is 1. The minimum atomic E-state index is -0.579. The Bertz CT molecular complexity index is 1190. The molecule has 1 atom stereocenters. The highest BCUT2D eigenvalue weighted by Gasteiger charge is 2.33. The van der Waals surface area contributed by atoms with Crippen LogP contribution in [0.1, 0.15) is 19.4 Å². The van der Waals surface area contributed by atoms with E-state index >= 15 is 0 Å². The monoisotopic (exact) mass is 420 g/mol. The molecule has 7 heteroatoms. The van der Waals surface area contributed by atoms with Crippen LogP contribution in [0.4, 0.5) is 5.69 Å². The molecule has 1 aliphatic heterocycles. The molecule has 0 bridgehead atoms. The first-order valence-electron chi connectivity index (χ1n) is 9.76. The van der Waals surface area contributed by atoms with Crippen molar-refractivity contribution in [3.8, 4) is 0 Å². The molecule has 4 rings (SSSR count). The summed E-state index contributed by atoms with van der Waals surface area (Å²) in [5, 5.41) is 20.1. The summed E-state index contributed by atoms with van der Waals surface area (Å²) in [5.74, 6) is -0.619. The molecule has 1 unspecified atom stereocenters. The van der Waals surface area contributed by atoms with Gasteiger partial charge in [0, 0.05) is 29.3 Å². The fourth-order valence-electron chi connectivity index (χ4n) is 3.72. The number of aliphatic imine (C=N–C) groups is 1. The molecule has 0 saturated carbocycles. The van der Waals surface area contributed by atoms with Crippen LogP contribution < -0.4 is 4.73 Å².